The van der Waals surface area contributed by atoms with Crippen LogP contribution in [0.3, 0.4) is 0 Å². The standard InChI is InChI=1S/C20H29N5O6S2/c1-14-12-25(13-15(2)31-14)33(29,30)24-10-8-23(9-11-24)20(26)16(3)21-19-17-6-4-5-7-18(17)32(27,28)22-19/h4-7,14-16H,8-13H2,1-3H3,(H,21,22)/t14?,15?,16-/m0/s1. The zero-order valence-electron chi connectivity index (χ0n) is 18.8. The molecule has 0 aromatic heterocycles. The van der Waals surface area contributed by atoms with Gasteiger partial charge in [0.05, 0.1) is 17.1 Å². The van der Waals surface area contributed by atoms with Crippen molar-refractivity contribution in [2.75, 3.05) is 39.3 Å². The molecule has 2 fully saturated rings. The van der Waals surface area contributed by atoms with Crippen LogP contribution in [0.15, 0.2) is 34.2 Å². The Morgan fingerprint density at radius 1 is 1.09 bits per heavy atom. The normalized spacial score (nSPS) is 28.3. The Bertz CT molecular complexity index is 1150. The van der Waals surface area contributed by atoms with E-state index in [0.717, 1.165) is 0 Å². The molecular weight excluding hydrogens is 470 g/mol. The number of aliphatic imine (C=N–C) groups is 1. The van der Waals surface area contributed by atoms with Crippen molar-refractivity contribution in [1.29, 1.82) is 0 Å². The van der Waals surface area contributed by atoms with Gasteiger partial charge in [0.1, 0.15) is 11.9 Å². The van der Waals surface area contributed by atoms with E-state index in [1.807, 2.05) is 13.8 Å². The van der Waals surface area contributed by atoms with Gasteiger partial charge in [0.15, 0.2) is 0 Å². The van der Waals surface area contributed by atoms with Crippen LogP contribution in [-0.2, 0) is 29.8 Å². The summed E-state index contributed by atoms with van der Waals surface area (Å²) in [7, 11) is -7.33. The number of sulfonamides is 1. The fourth-order valence-corrected chi connectivity index (χ4v) is 7.35. The molecule has 3 aliphatic heterocycles. The number of fused-ring (bicyclic) bond motifs is 1. The third-order valence-electron chi connectivity index (χ3n) is 5.93. The van der Waals surface area contributed by atoms with Gasteiger partial charge < -0.3 is 9.64 Å². The van der Waals surface area contributed by atoms with E-state index in [0.29, 0.717) is 18.7 Å². The van der Waals surface area contributed by atoms with E-state index >= 15 is 0 Å². The molecule has 0 spiro atoms. The van der Waals surface area contributed by atoms with E-state index < -0.39 is 26.3 Å². The molecule has 1 amide bonds. The lowest BCUT2D eigenvalue weighted by Crippen LogP contribution is -2.58. The number of nitrogens with zero attached hydrogens (tertiary/aromatic N) is 4. The number of benzene rings is 1. The fraction of sp³-hybridized carbons (Fsp3) is 0.600. The number of hydrogen-bond donors (Lipinski definition) is 1. The average molecular weight is 500 g/mol. The van der Waals surface area contributed by atoms with Crippen LogP contribution < -0.4 is 4.72 Å². The number of carbonyl (C=O) groups is 1. The largest absolute Gasteiger partial charge is 0.373 e. The molecule has 0 aliphatic carbocycles. The first kappa shape index (κ1) is 24.1. The van der Waals surface area contributed by atoms with Gasteiger partial charge in [-0.1, -0.05) is 12.1 Å². The molecule has 1 aromatic carbocycles. The zero-order chi connectivity index (χ0) is 24.0. The Morgan fingerprint density at radius 3 is 2.33 bits per heavy atom. The minimum atomic E-state index is -3.69. The average Bonchev–Trinajstić information content (AvgIpc) is 3.02. The van der Waals surface area contributed by atoms with Gasteiger partial charge in [0.2, 0.25) is 5.91 Å². The van der Waals surface area contributed by atoms with Gasteiger partial charge >= 0.3 is 0 Å². The Labute approximate surface area is 194 Å². The van der Waals surface area contributed by atoms with Crippen molar-refractivity contribution < 1.29 is 26.4 Å². The van der Waals surface area contributed by atoms with Crippen LogP contribution in [0.2, 0.25) is 0 Å². The number of rotatable bonds is 4. The van der Waals surface area contributed by atoms with E-state index in [-0.39, 0.29) is 55.0 Å². The number of amidine groups is 1. The summed E-state index contributed by atoms with van der Waals surface area (Å²) in [5, 5.41) is 0. The molecule has 0 saturated carbocycles. The lowest BCUT2D eigenvalue weighted by molar-refractivity contribution is -0.133. The first-order valence-corrected chi connectivity index (χ1v) is 13.8. The molecule has 33 heavy (non-hydrogen) atoms. The summed E-state index contributed by atoms with van der Waals surface area (Å²) < 4.78 is 61.5. The molecule has 4 rings (SSSR count). The van der Waals surface area contributed by atoms with Crippen LogP contribution in [-0.4, -0.2) is 99.6 Å². The van der Waals surface area contributed by atoms with Gasteiger partial charge in [-0.05, 0) is 32.9 Å². The molecule has 13 heteroatoms. The molecule has 3 heterocycles. The van der Waals surface area contributed by atoms with E-state index in [2.05, 4.69) is 9.71 Å². The summed E-state index contributed by atoms with van der Waals surface area (Å²) >= 11 is 0. The lowest BCUT2D eigenvalue weighted by atomic mass is 10.2. The topological polar surface area (TPSA) is 129 Å². The van der Waals surface area contributed by atoms with Crippen molar-refractivity contribution in [3.8, 4) is 0 Å². The summed E-state index contributed by atoms with van der Waals surface area (Å²) in [6, 6.07) is 5.64. The number of piperazine rings is 1. The molecule has 2 unspecified atom stereocenters. The van der Waals surface area contributed by atoms with Gasteiger partial charge in [-0.15, -0.1) is 0 Å². The van der Waals surface area contributed by atoms with Crippen LogP contribution in [0.5, 0.6) is 0 Å². The van der Waals surface area contributed by atoms with Crippen LogP contribution in [0, 0.1) is 0 Å². The van der Waals surface area contributed by atoms with Crippen molar-refractivity contribution in [3.63, 3.8) is 0 Å². The molecule has 182 valence electrons. The minimum absolute atomic E-state index is 0.133. The second-order valence-corrected chi connectivity index (χ2v) is 12.1. The van der Waals surface area contributed by atoms with Gasteiger partial charge in [-0.2, -0.15) is 17.0 Å². The summed E-state index contributed by atoms with van der Waals surface area (Å²) in [5.41, 5.74) is 0.432. The quantitative estimate of drug-likeness (QED) is 0.601. The van der Waals surface area contributed by atoms with Crippen LogP contribution in [0.4, 0.5) is 0 Å². The molecule has 2 saturated heterocycles. The van der Waals surface area contributed by atoms with Crippen molar-refractivity contribution in [2.45, 2.75) is 43.9 Å². The number of nitrogens with one attached hydrogen (secondary N) is 1. The predicted octanol–water partition coefficient (Wildman–Crippen LogP) is -0.388. The van der Waals surface area contributed by atoms with Gasteiger partial charge in [0, 0.05) is 44.8 Å². The molecular formula is C20H29N5O6S2. The molecule has 11 nitrogen and oxygen atoms in total. The van der Waals surface area contributed by atoms with Crippen molar-refractivity contribution in [3.05, 3.63) is 29.8 Å². The number of carbonyl (C=O) groups excluding carboxylic acids is 1. The third-order valence-corrected chi connectivity index (χ3v) is 9.30. The summed E-state index contributed by atoms with van der Waals surface area (Å²) in [6.07, 6.45) is -0.353. The fourth-order valence-electron chi connectivity index (χ4n) is 4.36. The van der Waals surface area contributed by atoms with Gasteiger partial charge in [0.25, 0.3) is 20.2 Å². The Balaban J connectivity index is 1.40. The molecule has 0 radical (unpaired) electrons. The second-order valence-electron chi connectivity index (χ2n) is 8.56. The molecule has 0 bridgehead atoms. The highest BCUT2D eigenvalue weighted by atomic mass is 32.2. The first-order chi connectivity index (χ1) is 15.5. The van der Waals surface area contributed by atoms with Crippen LogP contribution >= 0.6 is 0 Å². The third kappa shape index (κ3) is 4.78. The molecule has 3 aliphatic rings. The number of amides is 1. The van der Waals surface area contributed by atoms with Gasteiger partial charge in [-0.25, -0.2) is 8.42 Å². The maximum Gasteiger partial charge on any atom is 0.282 e. The summed E-state index contributed by atoms with van der Waals surface area (Å²) in [4.78, 5) is 19.0. The highest BCUT2D eigenvalue weighted by Crippen LogP contribution is 2.23. The zero-order valence-corrected chi connectivity index (χ0v) is 20.5. The van der Waals surface area contributed by atoms with E-state index in [9.17, 15) is 21.6 Å². The number of morpholine rings is 1. The SMILES string of the molecule is CC1CN(S(=O)(=O)N2CCN(C(=O)[C@H](C)N=C3NS(=O)(=O)c4ccccc43)CC2)CC(C)O1. The molecule has 1 aromatic rings. The summed E-state index contributed by atoms with van der Waals surface area (Å²) in [6.45, 7) is 6.76. The van der Waals surface area contributed by atoms with Crippen LogP contribution in [0.25, 0.3) is 0 Å². The maximum atomic E-state index is 13.1. The first-order valence-electron chi connectivity index (χ1n) is 10.9. The van der Waals surface area contributed by atoms with Crippen molar-refractivity contribution >= 4 is 32.0 Å². The van der Waals surface area contributed by atoms with Gasteiger partial charge in [-0.3, -0.25) is 14.5 Å². The number of ether oxygens (including phenoxy) is 1. The van der Waals surface area contributed by atoms with E-state index in [4.69, 9.17) is 4.74 Å². The van der Waals surface area contributed by atoms with Crippen molar-refractivity contribution in [1.82, 2.24) is 18.2 Å². The highest BCUT2D eigenvalue weighted by molar-refractivity contribution is 7.90. The monoisotopic (exact) mass is 499 g/mol. The smallest absolute Gasteiger partial charge is 0.282 e. The van der Waals surface area contributed by atoms with E-state index in [1.165, 1.54) is 14.7 Å². The minimum Gasteiger partial charge on any atom is -0.373 e. The Kier molecular flexibility index (Phi) is 6.53. The van der Waals surface area contributed by atoms with E-state index in [1.54, 1.807) is 30.0 Å². The maximum absolute atomic E-state index is 13.1. The Morgan fingerprint density at radius 2 is 1.70 bits per heavy atom. The number of hydrogen-bond acceptors (Lipinski definition) is 7. The molecule has 1 N–H and O–H groups in total. The second kappa shape index (κ2) is 8.95. The van der Waals surface area contributed by atoms with Crippen molar-refractivity contribution in [2.24, 2.45) is 4.99 Å². The Hall–Kier alpha value is -2.06. The lowest BCUT2D eigenvalue weighted by Gasteiger charge is -2.40. The summed E-state index contributed by atoms with van der Waals surface area (Å²) in [5.74, 6) is -0.139. The highest BCUT2D eigenvalue weighted by Gasteiger charge is 2.38. The molecule has 3 atom stereocenters. The predicted molar refractivity (Wildman–Crippen MR) is 121 cm³/mol. The van der Waals surface area contributed by atoms with Crippen LogP contribution in [0.1, 0.15) is 26.3 Å².